The van der Waals surface area contributed by atoms with E-state index >= 15 is 0 Å². The lowest BCUT2D eigenvalue weighted by Gasteiger charge is -2.34. The van der Waals surface area contributed by atoms with Crippen LogP contribution in [0, 0.1) is 5.41 Å². The fourth-order valence-corrected chi connectivity index (χ4v) is 2.72. The molecule has 1 aromatic carbocycles. The summed E-state index contributed by atoms with van der Waals surface area (Å²) in [6.45, 7) is 6.45. The zero-order chi connectivity index (χ0) is 14.4. The van der Waals surface area contributed by atoms with E-state index in [1.165, 1.54) is 25.7 Å². The molecule has 1 fully saturated rings. The van der Waals surface area contributed by atoms with Gasteiger partial charge in [0.1, 0.15) is 12.4 Å². The first kappa shape index (κ1) is 15.3. The topological polar surface area (TPSA) is 44.5 Å². The van der Waals surface area contributed by atoms with Gasteiger partial charge in [0.25, 0.3) is 0 Å². The van der Waals surface area contributed by atoms with E-state index in [0.29, 0.717) is 31.3 Å². The lowest BCUT2D eigenvalue weighted by atomic mass is 9.76. The maximum Gasteiger partial charge on any atom is 0.123 e. The van der Waals surface area contributed by atoms with Gasteiger partial charge >= 0.3 is 0 Å². The first-order valence-corrected chi connectivity index (χ1v) is 7.63. The zero-order valence-corrected chi connectivity index (χ0v) is 12.7. The average molecular weight is 277 g/mol. The van der Waals surface area contributed by atoms with E-state index in [4.69, 9.17) is 15.2 Å². The second kappa shape index (κ2) is 7.09. The lowest BCUT2D eigenvalue weighted by Crippen LogP contribution is -2.27. The van der Waals surface area contributed by atoms with Crippen molar-refractivity contribution < 1.29 is 9.47 Å². The third-order valence-corrected chi connectivity index (χ3v) is 4.17. The van der Waals surface area contributed by atoms with E-state index in [0.717, 1.165) is 11.3 Å². The molecule has 3 nitrogen and oxygen atoms in total. The van der Waals surface area contributed by atoms with Gasteiger partial charge in [-0.1, -0.05) is 32.0 Å². The summed E-state index contributed by atoms with van der Waals surface area (Å²) in [5, 5.41) is 0. The number of rotatable bonds is 6. The first-order chi connectivity index (χ1) is 9.61. The van der Waals surface area contributed by atoms with Crippen LogP contribution in [0.2, 0.25) is 0 Å². The van der Waals surface area contributed by atoms with Crippen LogP contribution in [0.15, 0.2) is 24.3 Å². The summed E-state index contributed by atoms with van der Waals surface area (Å²) < 4.78 is 11.7. The predicted octanol–water partition coefficient (Wildman–Crippen LogP) is 3.51. The Morgan fingerprint density at radius 3 is 2.55 bits per heavy atom. The number of ether oxygens (including phenoxy) is 2. The highest BCUT2D eigenvalue weighted by Crippen LogP contribution is 2.36. The number of hydrogen-bond donors (Lipinski definition) is 1. The molecular formula is C17H27NO2. The Morgan fingerprint density at radius 1 is 1.15 bits per heavy atom. The fraction of sp³-hybridized carbons (Fsp3) is 0.647. The van der Waals surface area contributed by atoms with Crippen LogP contribution in [-0.2, 0) is 11.3 Å². The molecule has 0 unspecified atom stereocenters. The summed E-state index contributed by atoms with van der Waals surface area (Å²) in [6, 6.07) is 7.92. The Labute approximate surface area is 122 Å². The van der Waals surface area contributed by atoms with Crippen LogP contribution in [0.3, 0.4) is 0 Å². The molecule has 2 rings (SSSR count). The van der Waals surface area contributed by atoms with Gasteiger partial charge < -0.3 is 15.2 Å². The number of hydrogen-bond acceptors (Lipinski definition) is 3. The minimum Gasteiger partial charge on any atom is -0.491 e. The van der Waals surface area contributed by atoms with Gasteiger partial charge in [0.15, 0.2) is 0 Å². The molecule has 0 bridgehead atoms. The average Bonchev–Trinajstić information content (AvgIpc) is 2.45. The van der Waals surface area contributed by atoms with Crippen molar-refractivity contribution in [2.24, 2.45) is 11.1 Å². The summed E-state index contributed by atoms with van der Waals surface area (Å²) in [6.07, 6.45) is 5.28. The quantitative estimate of drug-likeness (QED) is 0.809. The van der Waals surface area contributed by atoms with E-state index in [1.54, 1.807) is 0 Å². The van der Waals surface area contributed by atoms with Gasteiger partial charge in [-0.2, -0.15) is 0 Å². The molecule has 1 saturated carbocycles. The summed E-state index contributed by atoms with van der Waals surface area (Å²) in [5.41, 5.74) is 7.23. The van der Waals surface area contributed by atoms with Crippen LogP contribution in [0.5, 0.6) is 5.75 Å². The maximum absolute atomic E-state index is 5.92. The molecule has 0 aromatic heterocycles. The van der Waals surface area contributed by atoms with Crippen molar-refractivity contribution in [2.75, 3.05) is 13.2 Å². The molecule has 3 heteroatoms. The lowest BCUT2D eigenvalue weighted by molar-refractivity contribution is -0.00740. The molecule has 0 saturated heterocycles. The van der Waals surface area contributed by atoms with Crippen LogP contribution in [0.4, 0.5) is 0 Å². The van der Waals surface area contributed by atoms with Crippen molar-refractivity contribution in [1.29, 1.82) is 0 Å². The van der Waals surface area contributed by atoms with E-state index < -0.39 is 0 Å². The van der Waals surface area contributed by atoms with Crippen LogP contribution in [0.1, 0.15) is 45.1 Å². The molecule has 0 aliphatic heterocycles. The Morgan fingerprint density at radius 2 is 1.85 bits per heavy atom. The highest BCUT2D eigenvalue weighted by atomic mass is 16.5. The van der Waals surface area contributed by atoms with Gasteiger partial charge in [-0.3, -0.25) is 0 Å². The van der Waals surface area contributed by atoms with Gasteiger partial charge in [-0.05, 0) is 37.2 Å². The second-order valence-corrected chi connectivity index (χ2v) is 6.39. The Bertz CT molecular complexity index is 407. The summed E-state index contributed by atoms with van der Waals surface area (Å²) in [5.74, 6) is 0.878. The molecule has 20 heavy (non-hydrogen) atoms. The Balaban J connectivity index is 1.67. The molecule has 1 aliphatic carbocycles. The van der Waals surface area contributed by atoms with Crippen LogP contribution >= 0.6 is 0 Å². The summed E-state index contributed by atoms with van der Waals surface area (Å²) in [7, 11) is 0. The van der Waals surface area contributed by atoms with E-state index in [9.17, 15) is 0 Å². The zero-order valence-electron chi connectivity index (χ0n) is 12.7. The van der Waals surface area contributed by atoms with Crippen molar-refractivity contribution in [3.05, 3.63) is 29.8 Å². The Hall–Kier alpha value is -1.06. The van der Waals surface area contributed by atoms with Crippen molar-refractivity contribution in [3.63, 3.8) is 0 Å². The van der Waals surface area contributed by atoms with Crippen molar-refractivity contribution in [3.8, 4) is 5.75 Å². The first-order valence-electron chi connectivity index (χ1n) is 7.63. The van der Waals surface area contributed by atoms with Crippen molar-refractivity contribution >= 4 is 0 Å². The second-order valence-electron chi connectivity index (χ2n) is 6.39. The van der Waals surface area contributed by atoms with Crippen LogP contribution in [-0.4, -0.2) is 19.3 Å². The van der Waals surface area contributed by atoms with Gasteiger partial charge in [0.05, 0.1) is 12.7 Å². The van der Waals surface area contributed by atoms with Gasteiger partial charge in [-0.15, -0.1) is 0 Å². The van der Waals surface area contributed by atoms with E-state index in [1.807, 2.05) is 24.3 Å². The SMILES string of the molecule is CC1(C)CCC(OCCOc2ccccc2CN)CC1. The Kier molecular flexibility index (Phi) is 5.44. The summed E-state index contributed by atoms with van der Waals surface area (Å²) >= 11 is 0. The molecule has 0 atom stereocenters. The van der Waals surface area contributed by atoms with Crippen molar-refractivity contribution in [2.45, 2.75) is 52.2 Å². The molecule has 2 N–H and O–H groups in total. The van der Waals surface area contributed by atoms with E-state index in [-0.39, 0.29) is 0 Å². The normalized spacial score (nSPS) is 18.9. The third-order valence-electron chi connectivity index (χ3n) is 4.17. The molecule has 1 aromatic rings. The number of nitrogens with two attached hydrogens (primary N) is 1. The van der Waals surface area contributed by atoms with Gasteiger partial charge in [0, 0.05) is 12.1 Å². The van der Waals surface area contributed by atoms with Crippen LogP contribution < -0.4 is 10.5 Å². The van der Waals surface area contributed by atoms with Gasteiger partial charge in [0.2, 0.25) is 0 Å². The van der Waals surface area contributed by atoms with Crippen LogP contribution in [0.25, 0.3) is 0 Å². The summed E-state index contributed by atoms with van der Waals surface area (Å²) in [4.78, 5) is 0. The monoisotopic (exact) mass is 277 g/mol. The number of para-hydroxylation sites is 1. The minimum atomic E-state index is 0.413. The molecule has 0 heterocycles. The predicted molar refractivity (Wildman–Crippen MR) is 81.8 cm³/mol. The third kappa shape index (κ3) is 4.50. The largest absolute Gasteiger partial charge is 0.491 e. The standard InChI is InChI=1S/C17H27NO2/c1-17(2)9-7-15(8-10-17)19-11-12-20-16-6-4-3-5-14(16)13-18/h3-6,15H,7-13,18H2,1-2H3. The molecule has 0 spiro atoms. The molecule has 0 amide bonds. The maximum atomic E-state index is 5.92. The smallest absolute Gasteiger partial charge is 0.123 e. The highest BCUT2D eigenvalue weighted by molar-refractivity contribution is 5.32. The molecular weight excluding hydrogens is 250 g/mol. The fourth-order valence-electron chi connectivity index (χ4n) is 2.72. The molecule has 0 radical (unpaired) electrons. The number of benzene rings is 1. The van der Waals surface area contributed by atoms with Gasteiger partial charge in [-0.25, -0.2) is 0 Å². The molecule has 112 valence electrons. The molecule has 1 aliphatic rings. The van der Waals surface area contributed by atoms with Crippen molar-refractivity contribution in [1.82, 2.24) is 0 Å². The highest BCUT2D eigenvalue weighted by Gasteiger charge is 2.26. The minimum absolute atomic E-state index is 0.413. The van der Waals surface area contributed by atoms with E-state index in [2.05, 4.69) is 13.8 Å².